The number of carbonyl (C=O) groups excluding carboxylic acids is 1. The maximum Gasteiger partial charge on any atom is 0.267 e. The SMILES string of the molecule is CSc1cccc2sc(NC(=O)c3ccc(Cl)s3)nc12. The van der Waals surface area contributed by atoms with Gasteiger partial charge in [0.1, 0.15) is 0 Å². The second-order valence-electron chi connectivity index (χ2n) is 3.88. The molecule has 0 atom stereocenters. The lowest BCUT2D eigenvalue weighted by molar-refractivity contribution is 0.103. The van der Waals surface area contributed by atoms with Crippen molar-refractivity contribution in [3.63, 3.8) is 0 Å². The Kier molecular flexibility index (Phi) is 3.98. The van der Waals surface area contributed by atoms with Gasteiger partial charge in [-0.2, -0.15) is 0 Å². The van der Waals surface area contributed by atoms with Crippen LogP contribution in [0.15, 0.2) is 35.2 Å². The number of para-hydroxylation sites is 1. The highest BCUT2D eigenvalue weighted by Crippen LogP contribution is 2.32. The molecule has 0 aliphatic carbocycles. The Balaban J connectivity index is 1.89. The van der Waals surface area contributed by atoms with Crippen molar-refractivity contribution in [1.29, 1.82) is 0 Å². The summed E-state index contributed by atoms with van der Waals surface area (Å²) < 4.78 is 1.67. The second-order valence-corrected chi connectivity index (χ2v) is 7.48. The molecule has 1 N–H and O–H groups in total. The van der Waals surface area contributed by atoms with Gasteiger partial charge in [-0.05, 0) is 30.5 Å². The highest BCUT2D eigenvalue weighted by molar-refractivity contribution is 7.98. The van der Waals surface area contributed by atoms with E-state index in [1.807, 2.05) is 24.5 Å². The van der Waals surface area contributed by atoms with Gasteiger partial charge in [0.05, 0.1) is 19.4 Å². The minimum Gasteiger partial charge on any atom is -0.297 e. The molecule has 3 rings (SSSR count). The van der Waals surface area contributed by atoms with E-state index < -0.39 is 0 Å². The van der Waals surface area contributed by atoms with E-state index in [1.165, 1.54) is 22.7 Å². The highest BCUT2D eigenvalue weighted by atomic mass is 35.5. The van der Waals surface area contributed by atoms with E-state index in [2.05, 4.69) is 10.3 Å². The molecule has 0 aliphatic rings. The fraction of sp³-hybridized carbons (Fsp3) is 0.0769. The second kappa shape index (κ2) is 5.73. The lowest BCUT2D eigenvalue weighted by Gasteiger charge is -1.97. The van der Waals surface area contributed by atoms with E-state index in [0.29, 0.717) is 14.3 Å². The van der Waals surface area contributed by atoms with Gasteiger partial charge >= 0.3 is 0 Å². The third kappa shape index (κ3) is 2.69. The van der Waals surface area contributed by atoms with Crippen LogP contribution in [0.4, 0.5) is 5.13 Å². The zero-order valence-corrected chi connectivity index (χ0v) is 13.6. The molecule has 1 amide bonds. The number of nitrogens with zero attached hydrogens (tertiary/aromatic N) is 1. The fourth-order valence-corrected chi connectivity index (χ4v) is 4.19. The molecule has 102 valence electrons. The summed E-state index contributed by atoms with van der Waals surface area (Å²) in [7, 11) is 0. The quantitative estimate of drug-likeness (QED) is 0.683. The largest absolute Gasteiger partial charge is 0.297 e. The monoisotopic (exact) mass is 340 g/mol. The first-order chi connectivity index (χ1) is 9.67. The van der Waals surface area contributed by atoms with Gasteiger partial charge < -0.3 is 0 Å². The van der Waals surface area contributed by atoms with Crippen molar-refractivity contribution < 1.29 is 4.79 Å². The lowest BCUT2D eigenvalue weighted by Crippen LogP contribution is -2.09. The van der Waals surface area contributed by atoms with Crippen LogP contribution in [0.1, 0.15) is 9.67 Å². The molecule has 0 radical (unpaired) electrons. The van der Waals surface area contributed by atoms with Crippen LogP contribution in [0.25, 0.3) is 10.2 Å². The molecule has 2 heterocycles. The number of thioether (sulfide) groups is 1. The van der Waals surface area contributed by atoms with Crippen LogP contribution in [-0.4, -0.2) is 17.1 Å². The number of halogens is 1. The van der Waals surface area contributed by atoms with E-state index in [9.17, 15) is 4.79 Å². The van der Waals surface area contributed by atoms with Crippen LogP contribution in [0.2, 0.25) is 4.34 Å². The summed E-state index contributed by atoms with van der Waals surface area (Å²) in [5, 5.41) is 3.43. The number of aromatic nitrogens is 1. The van der Waals surface area contributed by atoms with Gasteiger partial charge in [0.15, 0.2) is 5.13 Å². The Hall–Kier alpha value is -1.08. The third-order valence-electron chi connectivity index (χ3n) is 2.62. The molecule has 2 aromatic heterocycles. The summed E-state index contributed by atoms with van der Waals surface area (Å²) in [6.45, 7) is 0. The Labute approximate surface area is 133 Å². The van der Waals surface area contributed by atoms with Gasteiger partial charge in [0.2, 0.25) is 0 Å². The van der Waals surface area contributed by atoms with Crippen molar-refractivity contribution in [1.82, 2.24) is 4.98 Å². The van der Waals surface area contributed by atoms with Gasteiger partial charge in [-0.3, -0.25) is 10.1 Å². The number of hydrogen-bond acceptors (Lipinski definition) is 5. The van der Waals surface area contributed by atoms with Crippen LogP contribution < -0.4 is 5.32 Å². The number of benzene rings is 1. The molecule has 1 aromatic carbocycles. The fourth-order valence-electron chi connectivity index (χ4n) is 1.74. The van der Waals surface area contributed by atoms with Crippen LogP contribution >= 0.6 is 46.0 Å². The maximum absolute atomic E-state index is 12.1. The van der Waals surface area contributed by atoms with Crippen LogP contribution in [0, 0.1) is 0 Å². The number of nitrogens with one attached hydrogen (secondary N) is 1. The van der Waals surface area contributed by atoms with E-state index >= 15 is 0 Å². The van der Waals surface area contributed by atoms with Crippen LogP contribution in [-0.2, 0) is 0 Å². The zero-order chi connectivity index (χ0) is 14.1. The third-order valence-corrected chi connectivity index (χ3v) is 5.55. The van der Waals surface area contributed by atoms with Gasteiger partial charge in [-0.1, -0.05) is 29.0 Å². The number of amides is 1. The summed E-state index contributed by atoms with van der Waals surface area (Å²) in [4.78, 5) is 18.2. The van der Waals surface area contributed by atoms with Crippen molar-refractivity contribution in [2.75, 3.05) is 11.6 Å². The van der Waals surface area contributed by atoms with E-state index in [4.69, 9.17) is 11.6 Å². The molecule has 0 spiro atoms. The zero-order valence-electron chi connectivity index (χ0n) is 10.3. The Bertz CT molecular complexity index is 781. The first-order valence-corrected chi connectivity index (χ1v) is 8.91. The molecule has 20 heavy (non-hydrogen) atoms. The van der Waals surface area contributed by atoms with Crippen LogP contribution in [0.5, 0.6) is 0 Å². The first-order valence-electron chi connectivity index (χ1n) is 5.67. The van der Waals surface area contributed by atoms with E-state index in [1.54, 1.807) is 23.9 Å². The van der Waals surface area contributed by atoms with Crippen LogP contribution in [0.3, 0.4) is 0 Å². The molecule has 0 aliphatic heterocycles. The van der Waals surface area contributed by atoms with Crippen molar-refractivity contribution in [3.8, 4) is 0 Å². The normalized spacial score (nSPS) is 10.9. The van der Waals surface area contributed by atoms with Crippen molar-refractivity contribution in [3.05, 3.63) is 39.5 Å². The summed E-state index contributed by atoms with van der Waals surface area (Å²) in [6.07, 6.45) is 2.01. The minimum absolute atomic E-state index is 0.174. The number of rotatable bonds is 3. The molecule has 3 aromatic rings. The van der Waals surface area contributed by atoms with Gasteiger partial charge in [-0.25, -0.2) is 4.98 Å². The summed E-state index contributed by atoms with van der Waals surface area (Å²) in [6, 6.07) is 9.45. The average molecular weight is 341 g/mol. The van der Waals surface area contributed by atoms with Gasteiger partial charge in [0.25, 0.3) is 5.91 Å². The Morgan fingerprint density at radius 1 is 1.30 bits per heavy atom. The standard InChI is InChI=1S/C13H9ClN2OS3/c1-18-7-3-2-4-8-11(7)15-13(20-8)16-12(17)9-5-6-10(14)19-9/h2-6H,1H3,(H,15,16,17). The highest BCUT2D eigenvalue weighted by Gasteiger charge is 2.13. The Morgan fingerprint density at radius 2 is 2.15 bits per heavy atom. The summed E-state index contributed by atoms with van der Waals surface area (Å²) >= 11 is 10.2. The Morgan fingerprint density at radius 3 is 2.85 bits per heavy atom. The number of thiophene rings is 1. The molecule has 7 heteroatoms. The number of thiazole rings is 1. The summed E-state index contributed by atoms with van der Waals surface area (Å²) in [5.41, 5.74) is 0.935. The summed E-state index contributed by atoms with van der Waals surface area (Å²) in [5.74, 6) is -0.174. The molecule has 0 saturated heterocycles. The predicted molar refractivity (Wildman–Crippen MR) is 88.7 cm³/mol. The minimum atomic E-state index is -0.174. The molecule has 3 nitrogen and oxygen atoms in total. The average Bonchev–Trinajstić information content (AvgIpc) is 3.03. The molecule has 0 saturated carbocycles. The molecule has 0 bridgehead atoms. The van der Waals surface area contributed by atoms with E-state index in [0.717, 1.165) is 15.1 Å². The van der Waals surface area contributed by atoms with Crippen molar-refractivity contribution in [2.45, 2.75) is 4.90 Å². The van der Waals surface area contributed by atoms with E-state index in [-0.39, 0.29) is 5.91 Å². The smallest absolute Gasteiger partial charge is 0.267 e. The van der Waals surface area contributed by atoms with Gasteiger partial charge in [0, 0.05) is 4.90 Å². The topological polar surface area (TPSA) is 42.0 Å². The predicted octanol–water partition coefficient (Wildman–Crippen LogP) is 4.99. The molecular weight excluding hydrogens is 332 g/mol. The van der Waals surface area contributed by atoms with Crippen molar-refractivity contribution in [2.24, 2.45) is 0 Å². The first kappa shape index (κ1) is 13.9. The van der Waals surface area contributed by atoms with Crippen molar-refractivity contribution >= 4 is 67.3 Å². The maximum atomic E-state index is 12.1. The molecule has 0 unspecified atom stereocenters. The number of hydrogen-bond donors (Lipinski definition) is 1. The molecular formula is C13H9ClN2OS3. The lowest BCUT2D eigenvalue weighted by atomic mass is 10.3. The number of anilines is 1. The number of fused-ring (bicyclic) bond motifs is 1. The number of carbonyl (C=O) groups is 1. The van der Waals surface area contributed by atoms with Gasteiger partial charge in [-0.15, -0.1) is 23.1 Å². The molecule has 0 fully saturated rings.